The predicted octanol–water partition coefficient (Wildman–Crippen LogP) is 1.34. The molecular weight excluding hydrogens is 240 g/mol. The molecular formula is C15H32N2O2. The summed E-state index contributed by atoms with van der Waals surface area (Å²) in [5.41, 5.74) is 0.200. The highest BCUT2D eigenvalue weighted by molar-refractivity contribution is 4.87. The topological polar surface area (TPSA) is 44.7 Å². The smallest absolute Gasteiger partial charge is 0.0584 e. The number of ether oxygens (including phenoxy) is 1. The first-order valence-electron chi connectivity index (χ1n) is 7.59. The van der Waals surface area contributed by atoms with Crippen LogP contribution in [0, 0.1) is 11.3 Å². The number of nitrogens with one attached hydrogen (secondary N) is 1. The molecule has 19 heavy (non-hydrogen) atoms. The van der Waals surface area contributed by atoms with E-state index in [1.165, 1.54) is 6.42 Å². The maximum Gasteiger partial charge on any atom is 0.0584 e. The van der Waals surface area contributed by atoms with Crippen LogP contribution in [0.5, 0.6) is 0 Å². The molecule has 0 amide bonds. The predicted molar refractivity (Wildman–Crippen MR) is 79.4 cm³/mol. The van der Waals surface area contributed by atoms with Gasteiger partial charge in [0.2, 0.25) is 0 Å². The number of likely N-dealkylation sites (N-methyl/N-ethyl adjacent to an activating group) is 1. The maximum atomic E-state index is 9.28. The monoisotopic (exact) mass is 272 g/mol. The molecule has 0 saturated carbocycles. The van der Waals surface area contributed by atoms with Crippen molar-refractivity contribution in [3.05, 3.63) is 0 Å². The second kappa shape index (κ2) is 8.20. The van der Waals surface area contributed by atoms with Gasteiger partial charge in [0.1, 0.15) is 0 Å². The zero-order valence-corrected chi connectivity index (χ0v) is 13.1. The third kappa shape index (κ3) is 5.78. The average molecular weight is 272 g/mol. The Morgan fingerprint density at radius 3 is 2.63 bits per heavy atom. The van der Waals surface area contributed by atoms with E-state index in [9.17, 15) is 5.11 Å². The molecule has 1 heterocycles. The van der Waals surface area contributed by atoms with Gasteiger partial charge in [-0.15, -0.1) is 0 Å². The molecule has 0 aromatic rings. The molecule has 1 fully saturated rings. The summed E-state index contributed by atoms with van der Waals surface area (Å²) in [4.78, 5) is 2.26. The van der Waals surface area contributed by atoms with Crippen LogP contribution in [0.25, 0.3) is 0 Å². The quantitative estimate of drug-likeness (QED) is 0.700. The highest BCUT2D eigenvalue weighted by atomic mass is 16.5. The van der Waals surface area contributed by atoms with Crippen LogP contribution in [0.1, 0.15) is 33.6 Å². The van der Waals surface area contributed by atoms with Gasteiger partial charge in [-0.1, -0.05) is 13.8 Å². The first-order valence-corrected chi connectivity index (χ1v) is 7.59. The second-order valence-corrected chi connectivity index (χ2v) is 6.63. The molecule has 4 heteroatoms. The average Bonchev–Trinajstić information content (AvgIpc) is 2.38. The third-order valence-electron chi connectivity index (χ3n) is 4.06. The van der Waals surface area contributed by atoms with Crippen LogP contribution < -0.4 is 5.32 Å². The van der Waals surface area contributed by atoms with Gasteiger partial charge in [0.05, 0.1) is 13.2 Å². The third-order valence-corrected chi connectivity index (χ3v) is 4.06. The Kier molecular flexibility index (Phi) is 7.29. The summed E-state index contributed by atoms with van der Waals surface area (Å²) in [6.45, 7) is 11.5. The van der Waals surface area contributed by atoms with Crippen molar-refractivity contribution >= 4 is 0 Å². The molecule has 0 aromatic carbocycles. The molecule has 2 N–H and O–H groups in total. The molecule has 1 aliphatic rings. The Morgan fingerprint density at radius 2 is 2.11 bits per heavy atom. The fraction of sp³-hybridized carbons (Fsp3) is 1.00. The minimum atomic E-state index is 0.200. The Bertz CT molecular complexity index is 240. The zero-order valence-electron chi connectivity index (χ0n) is 13.1. The highest BCUT2D eigenvalue weighted by Gasteiger charge is 2.34. The number of hydrogen-bond donors (Lipinski definition) is 2. The van der Waals surface area contributed by atoms with Crippen molar-refractivity contribution in [3.8, 4) is 0 Å². The van der Waals surface area contributed by atoms with Gasteiger partial charge in [0, 0.05) is 31.2 Å². The fourth-order valence-electron chi connectivity index (χ4n) is 2.68. The summed E-state index contributed by atoms with van der Waals surface area (Å²) in [5, 5.41) is 12.9. The molecule has 2 atom stereocenters. The SMILES string of the molecule is CC(C)CNCC1(CN(C)C(C)CO)CCCOC1. The van der Waals surface area contributed by atoms with Gasteiger partial charge >= 0.3 is 0 Å². The molecule has 2 unspecified atom stereocenters. The van der Waals surface area contributed by atoms with Gasteiger partial charge in [0.25, 0.3) is 0 Å². The van der Waals surface area contributed by atoms with E-state index in [0.717, 1.165) is 39.3 Å². The second-order valence-electron chi connectivity index (χ2n) is 6.63. The number of aliphatic hydroxyl groups excluding tert-OH is 1. The van der Waals surface area contributed by atoms with Crippen LogP contribution in [0.2, 0.25) is 0 Å². The van der Waals surface area contributed by atoms with Crippen LogP contribution in [-0.2, 0) is 4.74 Å². The first-order chi connectivity index (χ1) is 8.99. The summed E-state index contributed by atoms with van der Waals surface area (Å²) in [6.07, 6.45) is 2.35. The van der Waals surface area contributed by atoms with E-state index >= 15 is 0 Å². The summed E-state index contributed by atoms with van der Waals surface area (Å²) in [7, 11) is 2.10. The van der Waals surface area contributed by atoms with Crippen molar-refractivity contribution in [1.82, 2.24) is 10.2 Å². The molecule has 0 aliphatic carbocycles. The number of aliphatic hydroxyl groups is 1. The number of rotatable bonds is 8. The standard InChI is InChI=1S/C15H32N2O2/c1-13(2)8-16-10-15(6-5-7-19-12-15)11-17(4)14(3)9-18/h13-14,16,18H,5-12H2,1-4H3. The molecule has 0 radical (unpaired) electrons. The normalized spacial score (nSPS) is 26.1. The lowest BCUT2D eigenvalue weighted by Gasteiger charge is -2.41. The lowest BCUT2D eigenvalue weighted by Crippen LogP contribution is -2.50. The van der Waals surface area contributed by atoms with Gasteiger partial charge in [-0.25, -0.2) is 0 Å². The molecule has 4 nitrogen and oxygen atoms in total. The molecule has 0 bridgehead atoms. The Morgan fingerprint density at radius 1 is 1.37 bits per heavy atom. The largest absolute Gasteiger partial charge is 0.395 e. The number of nitrogens with zero attached hydrogens (tertiary/aromatic N) is 1. The molecule has 0 aromatic heterocycles. The van der Waals surface area contributed by atoms with E-state index in [1.807, 2.05) is 0 Å². The number of hydrogen-bond acceptors (Lipinski definition) is 4. The summed E-state index contributed by atoms with van der Waals surface area (Å²) in [6, 6.07) is 0.212. The van der Waals surface area contributed by atoms with Crippen LogP contribution in [-0.4, -0.2) is 62.6 Å². The van der Waals surface area contributed by atoms with Crippen molar-refractivity contribution in [1.29, 1.82) is 0 Å². The van der Waals surface area contributed by atoms with E-state index in [1.54, 1.807) is 0 Å². The van der Waals surface area contributed by atoms with Gasteiger partial charge in [-0.3, -0.25) is 0 Å². The Labute approximate surface area is 118 Å². The van der Waals surface area contributed by atoms with Crippen molar-refractivity contribution in [2.45, 2.75) is 39.7 Å². The molecule has 1 aliphatic heterocycles. The van der Waals surface area contributed by atoms with Crippen LogP contribution in [0.15, 0.2) is 0 Å². The maximum absolute atomic E-state index is 9.28. The Balaban J connectivity index is 2.54. The van der Waals surface area contributed by atoms with Crippen molar-refractivity contribution < 1.29 is 9.84 Å². The molecule has 1 saturated heterocycles. The van der Waals surface area contributed by atoms with Gasteiger partial charge < -0.3 is 20.1 Å². The zero-order chi connectivity index (χ0) is 14.3. The molecule has 114 valence electrons. The van der Waals surface area contributed by atoms with Crippen molar-refractivity contribution in [3.63, 3.8) is 0 Å². The van der Waals surface area contributed by atoms with Crippen LogP contribution in [0.4, 0.5) is 0 Å². The van der Waals surface area contributed by atoms with E-state index < -0.39 is 0 Å². The van der Waals surface area contributed by atoms with Gasteiger partial charge in [0.15, 0.2) is 0 Å². The van der Waals surface area contributed by atoms with Crippen LogP contribution in [0.3, 0.4) is 0 Å². The van der Waals surface area contributed by atoms with E-state index in [2.05, 4.69) is 38.0 Å². The first kappa shape index (κ1) is 16.9. The molecule has 1 rings (SSSR count). The highest BCUT2D eigenvalue weighted by Crippen LogP contribution is 2.29. The summed E-state index contributed by atoms with van der Waals surface area (Å²) in [5.74, 6) is 0.677. The van der Waals surface area contributed by atoms with Crippen LogP contribution >= 0.6 is 0 Å². The minimum Gasteiger partial charge on any atom is -0.395 e. The Hall–Kier alpha value is -0.160. The lowest BCUT2D eigenvalue weighted by atomic mass is 9.81. The van der Waals surface area contributed by atoms with Crippen molar-refractivity contribution in [2.75, 3.05) is 46.5 Å². The van der Waals surface area contributed by atoms with E-state index in [4.69, 9.17) is 4.74 Å². The lowest BCUT2D eigenvalue weighted by molar-refractivity contribution is -0.0305. The van der Waals surface area contributed by atoms with Gasteiger partial charge in [-0.2, -0.15) is 0 Å². The van der Waals surface area contributed by atoms with Gasteiger partial charge in [-0.05, 0) is 39.3 Å². The fourth-order valence-corrected chi connectivity index (χ4v) is 2.68. The molecule has 0 spiro atoms. The van der Waals surface area contributed by atoms with E-state index in [-0.39, 0.29) is 18.1 Å². The summed E-state index contributed by atoms with van der Waals surface area (Å²) < 4.78 is 5.73. The van der Waals surface area contributed by atoms with E-state index in [0.29, 0.717) is 5.92 Å². The van der Waals surface area contributed by atoms with Crippen molar-refractivity contribution in [2.24, 2.45) is 11.3 Å². The summed E-state index contributed by atoms with van der Waals surface area (Å²) >= 11 is 0. The minimum absolute atomic E-state index is 0.200.